The Hall–Kier alpha value is -4.01. The molecule has 1 saturated heterocycles. The summed E-state index contributed by atoms with van der Waals surface area (Å²) in [6, 6.07) is 13.9. The van der Waals surface area contributed by atoms with Gasteiger partial charge in [0.25, 0.3) is 5.78 Å². The number of carbonyl (C=O) groups is 2. The van der Waals surface area contributed by atoms with Gasteiger partial charge in [-0.1, -0.05) is 47.2 Å². The summed E-state index contributed by atoms with van der Waals surface area (Å²) in [5.41, 5.74) is 5.86. The zero-order valence-electron chi connectivity index (χ0n) is 21.1. The summed E-state index contributed by atoms with van der Waals surface area (Å²) in [5, 5.41) is 12.4. The molecule has 3 aromatic heterocycles. The molecule has 0 bridgehead atoms. The Morgan fingerprint density at radius 3 is 2.53 bits per heavy atom. The molecule has 1 N–H and O–H groups in total. The number of nitrogens with zero attached hydrogens (tertiary/aromatic N) is 4. The number of Topliss-reactive ketones (excluding diaryl/α,β-unsaturated/α-hetero) is 1. The molecule has 1 aliphatic rings. The number of amides is 1. The van der Waals surface area contributed by atoms with Gasteiger partial charge < -0.3 is 9.51 Å². The molecule has 190 valence electrons. The molecule has 1 fully saturated rings. The Morgan fingerprint density at radius 2 is 1.79 bits per heavy atom. The minimum Gasteiger partial charge on any atom is -0.505 e. The van der Waals surface area contributed by atoms with Crippen molar-refractivity contribution >= 4 is 61.4 Å². The van der Waals surface area contributed by atoms with Crippen molar-refractivity contribution in [3.8, 4) is 0 Å². The number of hydrogen-bond acceptors (Lipinski definition) is 6. The fraction of sp³-hybridized carbons (Fsp3) is 0.172. The van der Waals surface area contributed by atoms with Crippen LogP contribution in [0.15, 0.2) is 60.3 Å². The number of pyridine rings is 1. The largest absolute Gasteiger partial charge is 0.505 e. The number of aromatic nitrogens is 3. The molecular formula is C29H23ClN4O3S. The van der Waals surface area contributed by atoms with Crippen LogP contribution in [0.2, 0.25) is 5.02 Å². The van der Waals surface area contributed by atoms with Crippen LogP contribution in [0.1, 0.15) is 39.7 Å². The fourth-order valence-electron chi connectivity index (χ4n) is 5.16. The highest BCUT2D eigenvalue weighted by molar-refractivity contribution is 7.22. The molecule has 2 aromatic carbocycles. The van der Waals surface area contributed by atoms with Gasteiger partial charge in [-0.05, 0) is 74.2 Å². The molecule has 0 spiro atoms. The van der Waals surface area contributed by atoms with E-state index in [0.29, 0.717) is 27.1 Å². The van der Waals surface area contributed by atoms with Crippen molar-refractivity contribution in [2.24, 2.45) is 0 Å². The standard InChI is InChI=1S/C29H23ClN4O3S/c1-14-11-16(3)22-20(12-14)38-29(32-22)34-24(18-8-5-9-19(30)13-18)21(26(36)28(34)37)25(35)23-17(4)33-10-6-7-15(2)27(33)31-23/h5-13,24,35H,1-4H3. The van der Waals surface area contributed by atoms with Crippen LogP contribution in [-0.4, -0.2) is 31.2 Å². The van der Waals surface area contributed by atoms with Crippen molar-refractivity contribution in [2.45, 2.75) is 33.7 Å². The summed E-state index contributed by atoms with van der Waals surface area (Å²) in [7, 11) is 0. The first kappa shape index (κ1) is 24.3. The highest BCUT2D eigenvalue weighted by Gasteiger charge is 2.48. The molecule has 1 atom stereocenters. The summed E-state index contributed by atoms with van der Waals surface area (Å²) in [4.78, 5) is 38.0. The molecule has 9 heteroatoms. The zero-order valence-corrected chi connectivity index (χ0v) is 22.7. The average Bonchev–Trinajstić information content (AvgIpc) is 3.52. The number of aliphatic hydroxyl groups is 1. The number of aliphatic hydroxyl groups excluding tert-OH is 1. The molecule has 7 nitrogen and oxygen atoms in total. The number of fused-ring (bicyclic) bond motifs is 2. The Balaban J connectivity index is 1.61. The van der Waals surface area contributed by atoms with Gasteiger partial charge in [-0.15, -0.1) is 0 Å². The quantitative estimate of drug-likeness (QED) is 0.161. The number of halogens is 1. The topological polar surface area (TPSA) is 87.8 Å². The van der Waals surface area contributed by atoms with Gasteiger partial charge in [0.2, 0.25) is 0 Å². The van der Waals surface area contributed by atoms with E-state index in [4.69, 9.17) is 16.6 Å². The summed E-state index contributed by atoms with van der Waals surface area (Å²) in [6.45, 7) is 7.71. The van der Waals surface area contributed by atoms with E-state index >= 15 is 0 Å². The molecule has 1 aliphatic heterocycles. The van der Waals surface area contributed by atoms with Gasteiger partial charge >= 0.3 is 5.91 Å². The van der Waals surface area contributed by atoms with E-state index in [9.17, 15) is 14.7 Å². The zero-order chi connectivity index (χ0) is 26.9. The molecule has 0 radical (unpaired) electrons. The van der Waals surface area contributed by atoms with E-state index in [1.165, 1.54) is 16.2 Å². The number of hydrogen-bond donors (Lipinski definition) is 1. The minimum absolute atomic E-state index is 0.0476. The first-order valence-electron chi connectivity index (χ1n) is 12.0. The second-order valence-corrected chi connectivity index (χ2v) is 11.0. The monoisotopic (exact) mass is 542 g/mol. The normalized spacial score (nSPS) is 17.3. The van der Waals surface area contributed by atoms with Crippen molar-refractivity contribution in [2.75, 3.05) is 4.90 Å². The number of imidazole rings is 1. The maximum atomic E-state index is 13.6. The lowest BCUT2D eigenvalue weighted by molar-refractivity contribution is -0.132. The van der Waals surface area contributed by atoms with Crippen LogP contribution in [0.5, 0.6) is 0 Å². The number of ketones is 1. The minimum atomic E-state index is -0.930. The van der Waals surface area contributed by atoms with Gasteiger partial charge in [0.05, 0.1) is 27.5 Å². The lowest BCUT2D eigenvalue weighted by atomic mass is 9.96. The second-order valence-electron chi connectivity index (χ2n) is 9.58. The van der Waals surface area contributed by atoms with E-state index in [0.717, 1.165) is 26.9 Å². The van der Waals surface area contributed by atoms with Crippen LogP contribution in [0.25, 0.3) is 21.6 Å². The number of thiazole rings is 1. The fourth-order valence-corrected chi connectivity index (χ4v) is 6.52. The van der Waals surface area contributed by atoms with Gasteiger partial charge in [-0.3, -0.25) is 14.5 Å². The SMILES string of the molecule is Cc1cc(C)c2nc(N3C(=O)C(=O)C(=C(O)c4nc5c(C)cccn5c4C)C3c3cccc(Cl)c3)sc2c1. The number of benzene rings is 2. The molecular weight excluding hydrogens is 520 g/mol. The van der Waals surface area contributed by atoms with Crippen LogP contribution in [0.4, 0.5) is 5.13 Å². The van der Waals surface area contributed by atoms with E-state index in [2.05, 4.69) is 4.98 Å². The third kappa shape index (κ3) is 3.63. The molecule has 38 heavy (non-hydrogen) atoms. The van der Waals surface area contributed by atoms with Crippen molar-refractivity contribution in [3.63, 3.8) is 0 Å². The van der Waals surface area contributed by atoms with Crippen molar-refractivity contribution in [1.82, 2.24) is 14.4 Å². The lowest BCUT2D eigenvalue weighted by Gasteiger charge is -2.23. The van der Waals surface area contributed by atoms with E-state index in [-0.39, 0.29) is 17.0 Å². The van der Waals surface area contributed by atoms with E-state index < -0.39 is 17.7 Å². The first-order valence-corrected chi connectivity index (χ1v) is 13.2. The third-order valence-corrected chi connectivity index (χ3v) is 8.18. The molecule has 5 aromatic rings. The van der Waals surface area contributed by atoms with Gasteiger partial charge in [-0.2, -0.15) is 0 Å². The van der Waals surface area contributed by atoms with E-state index in [1.807, 2.05) is 62.6 Å². The average molecular weight is 543 g/mol. The van der Waals surface area contributed by atoms with Crippen molar-refractivity contribution < 1.29 is 14.7 Å². The highest BCUT2D eigenvalue weighted by Crippen LogP contribution is 2.45. The highest BCUT2D eigenvalue weighted by atomic mass is 35.5. The first-order chi connectivity index (χ1) is 18.2. The van der Waals surface area contributed by atoms with Crippen LogP contribution in [-0.2, 0) is 9.59 Å². The predicted octanol–water partition coefficient (Wildman–Crippen LogP) is 6.46. The number of carbonyl (C=O) groups excluding carboxylic acids is 2. The van der Waals surface area contributed by atoms with Crippen molar-refractivity contribution in [3.05, 3.63) is 99.0 Å². The van der Waals surface area contributed by atoms with Crippen LogP contribution in [0.3, 0.4) is 0 Å². The summed E-state index contributed by atoms with van der Waals surface area (Å²) < 4.78 is 2.77. The Bertz CT molecular complexity index is 1850. The molecule has 6 rings (SSSR count). The molecule has 1 unspecified atom stereocenters. The summed E-state index contributed by atoms with van der Waals surface area (Å²) >= 11 is 7.67. The van der Waals surface area contributed by atoms with Crippen LogP contribution in [0, 0.1) is 27.7 Å². The van der Waals surface area contributed by atoms with Crippen LogP contribution < -0.4 is 4.90 Å². The lowest BCUT2D eigenvalue weighted by Crippen LogP contribution is -2.29. The Labute approximate surface area is 227 Å². The van der Waals surface area contributed by atoms with Crippen molar-refractivity contribution in [1.29, 1.82) is 0 Å². The van der Waals surface area contributed by atoms with Gasteiger partial charge in [0, 0.05) is 11.2 Å². The molecule has 4 heterocycles. The Morgan fingerprint density at radius 1 is 1.00 bits per heavy atom. The summed E-state index contributed by atoms with van der Waals surface area (Å²) in [6.07, 6.45) is 1.85. The maximum Gasteiger partial charge on any atom is 0.301 e. The van der Waals surface area contributed by atoms with Gasteiger partial charge in [-0.25, -0.2) is 9.97 Å². The van der Waals surface area contributed by atoms with Crippen LogP contribution >= 0.6 is 22.9 Å². The second kappa shape index (κ2) is 8.79. The van der Waals surface area contributed by atoms with E-state index in [1.54, 1.807) is 24.3 Å². The predicted molar refractivity (Wildman–Crippen MR) is 150 cm³/mol. The summed E-state index contributed by atoms with van der Waals surface area (Å²) in [5.74, 6) is -1.89. The Kier molecular flexibility index (Phi) is 5.63. The smallest absolute Gasteiger partial charge is 0.301 e. The van der Waals surface area contributed by atoms with Gasteiger partial charge in [0.1, 0.15) is 11.3 Å². The number of aryl methyl sites for hydroxylation is 4. The van der Waals surface area contributed by atoms with Gasteiger partial charge in [0.15, 0.2) is 10.9 Å². The number of rotatable bonds is 3. The molecule has 1 amide bonds. The molecule has 0 saturated carbocycles. The number of anilines is 1. The molecule has 0 aliphatic carbocycles. The third-order valence-electron chi connectivity index (χ3n) is 6.94. The maximum absolute atomic E-state index is 13.6.